The van der Waals surface area contributed by atoms with Crippen LogP contribution in [0.15, 0.2) is 0 Å². The van der Waals surface area contributed by atoms with Gasteiger partial charge in [0.25, 0.3) is 0 Å². The van der Waals surface area contributed by atoms with Crippen LogP contribution in [-0.4, -0.2) is 35.2 Å². The Labute approximate surface area is 143 Å². The van der Waals surface area contributed by atoms with E-state index in [4.69, 9.17) is 4.74 Å². The van der Waals surface area contributed by atoms with Gasteiger partial charge in [-0.25, -0.2) is 4.90 Å². The van der Waals surface area contributed by atoms with Crippen molar-refractivity contribution in [2.24, 2.45) is 5.92 Å². The van der Waals surface area contributed by atoms with E-state index in [0.717, 1.165) is 24.2 Å². The molecule has 6 heteroatoms. The Morgan fingerprint density at radius 2 is 1.58 bits per heavy atom. The van der Waals surface area contributed by atoms with Crippen molar-refractivity contribution in [2.75, 3.05) is 6.73 Å². The molecular formula is C18H29NO5. The fourth-order valence-corrected chi connectivity index (χ4v) is 2.58. The largest absolute Gasteiger partial charge is 0.444 e. The summed E-state index contributed by atoms with van der Waals surface area (Å²) < 4.78 is 4.92. The van der Waals surface area contributed by atoms with E-state index in [0.29, 0.717) is 25.2 Å². The summed E-state index contributed by atoms with van der Waals surface area (Å²) in [6.07, 6.45) is 6.24. The standard InChI is InChI=1S/C18H29NO5/c1-14(2)7-4-3-5-8-15(20)9-6-10-18(23)24-13-19-16(21)11-12-17(19)22/h14H,3-13H2,1-2H3. The molecule has 0 aromatic carbocycles. The summed E-state index contributed by atoms with van der Waals surface area (Å²) in [5.41, 5.74) is 0. The fourth-order valence-electron chi connectivity index (χ4n) is 2.58. The first-order chi connectivity index (χ1) is 11.4. The Morgan fingerprint density at radius 3 is 2.21 bits per heavy atom. The van der Waals surface area contributed by atoms with E-state index < -0.39 is 5.97 Å². The van der Waals surface area contributed by atoms with Gasteiger partial charge in [0, 0.05) is 32.1 Å². The van der Waals surface area contributed by atoms with Gasteiger partial charge in [-0.3, -0.25) is 19.2 Å². The van der Waals surface area contributed by atoms with Crippen molar-refractivity contribution in [1.29, 1.82) is 0 Å². The number of amides is 2. The summed E-state index contributed by atoms with van der Waals surface area (Å²) in [7, 11) is 0. The molecule has 136 valence electrons. The molecule has 0 N–H and O–H groups in total. The molecule has 1 fully saturated rings. The van der Waals surface area contributed by atoms with E-state index in [9.17, 15) is 19.2 Å². The minimum atomic E-state index is -0.479. The van der Waals surface area contributed by atoms with Gasteiger partial charge in [-0.1, -0.05) is 33.1 Å². The van der Waals surface area contributed by atoms with Crippen LogP contribution in [0.25, 0.3) is 0 Å². The molecule has 0 atom stereocenters. The topological polar surface area (TPSA) is 80.8 Å². The number of nitrogens with zero attached hydrogens (tertiary/aromatic N) is 1. The van der Waals surface area contributed by atoms with E-state index in [1.54, 1.807) is 0 Å². The van der Waals surface area contributed by atoms with E-state index in [1.165, 1.54) is 6.42 Å². The number of hydrogen-bond acceptors (Lipinski definition) is 5. The minimum Gasteiger partial charge on any atom is -0.444 e. The zero-order valence-corrected chi connectivity index (χ0v) is 14.8. The van der Waals surface area contributed by atoms with Crippen LogP contribution in [-0.2, 0) is 23.9 Å². The third-order valence-corrected chi connectivity index (χ3v) is 4.08. The molecule has 0 aromatic heterocycles. The number of rotatable bonds is 12. The van der Waals surface area contributed by atoms with Crippen LogP contribution in [0.1, 0.15) is 78.1 Å². The predicted octanol–water partition coefficient (Wildman–Crippen LogP) is 2.98. The quantitative estimate of drug-likeness (QED) is 0.310. The number of ketones is 1. The van der Waals surface area contributed by atoms with Crippen molar-refractivity contribution in [3.63, 3.8) is 0 Å². The Hall–Kier alpha value is -1.72. The van der Waals surface area contributed by atoms with Gasteiger partial charge in [-0.05, 0) is 18.8 Å². The van der Waals surface area contributed by atoms with Crippen molar-refractivity contribution in [2.45, 2.75) is 78.1 Å². The number of hydrogen-bond donors (Lipinski definition) is 0. The van der Waals surface area contributed by atoms with Crippen LogP contribution in [0.3, 0.4) is 0 Å². The average molecular weight is 339 g/mol. The van der Waals surface area contributed by atoms with E-state index in [-0.39, 0.29) is 43.6 Å². The molecule has 1 rings (SSSR count). The zero-order chi connectivity index (χ0) is 17.9. The second-order valence-corrected chi connectivity index (χ2v) is 6.75. The van der Waals surface area contributed by atoms with Crippen molar-refractivity contribution >= 4 is 23.6 Å². The number of likely N-dealkylation sites (tertiary alicyclic amines) is 1. The van der Waals surface area contributed by atoms with Crippen molar-refractivity contribution in [1.82, 2.24) is 4.90 Å². The molecule has 1 aliphatic heterocycles. The average Bonchev–Trinajstić information content (AvgIpc) is 2.83. The highest BCUT2D eigenvalue weighted by atomic mass is 16.5. The molecule has 0 spiro atoms. The highest BCUT2D eigenvalue weighted by Crippen LogP contribution is 2.13. The lowest BCUT2D eigenvalue weighted by molar-refractivity contribution is -0.155. The monoisotopic (exact) mass is 339 g/mol. The Bertz CT molecular complexity index is 442. The summed E-state index contributed by atoms with van der Waals surface area (Å²) in [5, 5.41) is 0. The molecule has 0 radical (unpaired) electrons. The maximum absolute atomic E-state index is 11.7. The normalized spacial score (nSPS) is 14.5. The zero-order valence-electron chi connectivity index (χ0n) is 14.8. The lowest BCUT2D eigenvalue weighted by atomic mass is 10.0. The van der Waals surface area contributed by atoms with Gasteiger partial charge in [0.15, 0.2) is 6.73 Å². The maximum atomic E-state index is 11.7. The summed E-state index contributed by atoms with van der Waals surface area (Å²) in [4.78, 5) is 47.0. The molecule has 0 aromatic rings. The minimum absolute atomic E-state index is 0.134. The third-order valence-electron chi connectivity index (χ3n) is 4.08. The number of unbranched alkanes of at least 4 members (excludes halogenated alkanes) is 2. The first-order valence-electron chi connectivity index (χ1n) is 8.90. The first-order valence-corrected chi connectivity index (χ1v) is 8.90. The molecule has 1 aliphatic rings. The van der Waals surface area contributed by atoms with E-state index in [2.05, 4.69) is 13.8 Å². The second-order valence-electron chi connectivity index (χ2n) is 6.75. The molecule has 6 nitrogen and oxygen atoms in total. The number of Topliss-reactive ketones (excluding diaryl/α,β-unsaturated/α-hetero) is 1. The van der Waals surface area contributed by atoms with Gasteiger partial charge in [0.2, 0.25) is 11.8 Å². The number of imide groups is 1. The van der Waals surface area contributed by atoms with Gasteiger partial charge in [0.05, 0.1) is 0 Å². The maximum Gasteiger partial charge on any atom is 0.307 e. The SMILES string of the molecule is CC(C)CCCCCC(=O)CCCC(=O)OCN1C(=O)CCC1=O. The van der Waals surface area contributed by atoms with Crippen molar-refractivity contribution < 1.29 is 23.9 Å². The Kier molecular flexibility index (Phi) is 9.27. The van der Waals surface area contributed by atoms with Crippen LogP contribution in [0.5, 0.6) is 0 Å². The molecule has 1 heterocycles. The highest BCUT2D eigenvalue weighted by Gasteiger charge is 2.29. The van der Waals surface area contributed by atoms with Crippen LogP contribution in [0.2, 0.25) is 0 Å². The molecule has 0 aliphatic carbocycles. The fraction of sp³-hybridized carbons (Fsp3) is 0.778. The lowest BCUT2D eigenvalue weighted by Crippen LogP contribution is -2.32. The molecule has 1 saturated heterocycles. The number of carbonyl (C=O) groups excluding carboxylic acids is 4. The molecule has 2 amide bonds. The summed E-state index contributed by atoms with van der Waals surface area (Å²) >= 11 is 0. The Balaban J connectivity index is 2.03. The van der Waals surface area contributed by atoms with Gasteiger partial charge < -0.3 is 4.74 Å². The van der Waals surface area contributed by atoms with Crippen LogP contribution in [0.4, 0.5) is 0 Å². The summed E-state index contributed by atoms with van der Waals surface area (Å²) in [5.74, 6) is -0.205. The summed E-state index contributed by atoms with van der Waals surface area (Å²) in [6, 6.07) is 0. The summed E-state index contributed by atoms with van der Waals surface area (Å²) in [6.45, 7) is 4.08. The highest BCUT2D eigenvalue weighted by molar-refractivity contribution is 6.01. The number of esters is 1. The van der Waals surface area contributed by atoms with E-state index >= 15 is 0 Å². The van der Waals surface area contributed by atoms with Gasteiger partial charge in [-0.15, -0.1) is 0 Å². The van der Waals surface area contributed by atoms with Gasteiger partial charge in [-0.2, -0.15) is 0 Å². The van der Waals surface area contributed by atoms with Crippen molar-refractivity contribution in [3.8, 4) is 0 Å². The number of carbonyl (C=O) groups is 4. The van der Waals surface area contributed by atoms with Crippen molar-refractivity contribution in [3.05, 3.63) is 0 Å². The van der Waals surface area contributed by atoms with Crippen LogP contribution < -0.4 is 0 Å². The molecule has 24 heavy (non-hydrogen) atoms. The van der Waals surface area contributed by atoms with Gasteiger partial charge in [0.1, 0.15) is 5.78 Å². The second kappa shape index (κ2) is 10.9. The third kappa shape index (κ3) is 8.22. The first kappa shape index (κ1) is 20.3. The lowest BCUT2D eigenvalue weighted by Gasteiger charge is -2.13. The smallest absolute Gasteiger partial charge is 0.307 e. The Morgan fingerprint density at radius 1 is 0.958 bits per heavy atom. The molecule has 0 bridgehead atoms. The molecule has 0 saturated carbocycles. The molecular weight excluding hydrogens is 310 g/mol. The van der Waals surface area contributed by atoms with E-state index in [1.807, 2.05) is 0 Å². The number of ether oxygens (including phenoxy) is 1. The molecule has 0 unspecified atom stereocenters. The predicted molar refractivity (Wildman–Crippen MR) is 88.8 cm³/mol. The van der Waals surface area contributed by atoms with Crippen LogP contribution >= 0.6 is 0 Å². The van der Waals surface area contributed by atoms with Gasteiger partial charge >= 0.3 is 5.97 Å². The van der Waals surface area contributed by atoms with Crippen LogP contribution in [0, 0.1) is 5.92 Å².